The van der Waals surface area contributed by atoms with E-state index in [2.05, 4.69) is 76.4 Å². The summed E-state index contributed by atoms with van der Waals surface area (Å²) in [6.45, 7) is 14.5. The number of imide groups is 2. The van der Waals surface area contributed by atoms with E-state index in [4.69, 9.17) is 41.0 Å². The highest BCUT2D eigenvalue weighted by molar-refractivity contribution is 8.01. The minimum atomic E-state index is -1.38. The number of Topliss-reactive ketones (excluding diaryl/α,β-unsaturated/α-hetero) is 5. The maximum atomic E-state index is 14.1. The van der Waals surface area contributed by atoms with Crippen molar-refractivity contribution in [1.29, 1.82) is 0 Å². The number of nitrogens with zero attached hydrogens (tertiary/aromatic N) is 2. The standard InChI is InChI=1S/C74H120N14O23S3.C6H12O2.2C5H11NO2/c1-6-49(91)19-12-10-14-22-53(82-64(98)28-35-111-37-36-110-33-18-21-50(92)7-2)71(105)85-56(68(76)102)45-114-58-41-66(100)88(74(58)108)32-26-62(96)79-43-59(80-46-89)86-72(106)54(23-15-11-13-20-51(93)29-38-112)83-69(103)48(39-47(5)90)42-78-61(95)25-31-87-65(99)40-57(73(87)107)113-44-55(67(75)101)84-70(104)52(81-60(94)8-3)24-16-17-30-77-63(97)27-34-109-9-4;1-2-6(8)4-3-5-7;2*1-2-5(8)6-3-4-7/h46,48,52-59,112H,6-45H2,1-5H3,(H2,75,101)(H2,76,102)(H,77,97)(H,78,95)(H,79,96)(H,80,89)(H,81,94)(H,82,98)(H,83,103)(H,84,104)(H,85,105)(H,86,106);7H,2-5H2,1H3;2*7H,2-4H2,1H3,(H,6,8). The molecule has 2 aliphatic rings. The van der Waals surface area contributed by atoms with Crippen LogP contribution >= 0.6 is 36.2 Å². The first-order chi connectivity index (χ1) is 65.8. The summed E-state index contributed by atoms with van der Waals surface area (Å²) in [6.07, 6.45) is 6.09. The van der Waals surface area contributed by atoms with E-state index < -0.39 is 187 Å². The average Bonchev–Trinajstić information content (AvgIpc) is 1.69. The van der Waals surface area contributed by atoms with Crippen LogP contribution < -0.4 is 75.3 Å². The van der Waals surface area contributed by atoms with Crippen LogP contribution in [0.3, 0.4) is 0 Å². The molecule has 2 fully saturated rings. The number of thioether (sulfide) groups is 2. The smallest absolute Gasteiger partial charge is 0.244 e. The Labute approximate surface area is 822 Å². The van der Waals surface area contributed by atoms with E-state index in [0.29, 0.717) is 148 Å². The predicted octanol–water partition coefficient (Wildman–Crippen LogP) is -1.28. The zero-order chi connectivity index (χ0) is 104. The number of thiol groups is 1. The molecule has 0 aromatic rings. The Morgan fingerprint density at radius 3 is 1.25 bits per heavy atom. The Morgan fingerprint density at radius 1 is 0.406 bits per heavy atom. The molecule has 0 aromatic heterocycles. The second kappa shape index (κ2) is 81.8. The highest BCUT2D eigenvalue weighted by atomic mass is 32.2. The summed E-state index contributed by atoms with van der Waals surface area (Å²) in [5, 5.41) is 53.2. The van der Waals surface area contributed by atoms with Crippen molar-refractivity contribution in [2.45, 2.75) is 301 Å². The topological polar surface area (TPSA) is 684 Å². The van der Waals surface area contributed by atoms with Crippen LogP contribution in [0.4, 0.5) is 0 Å². The molecule has 0 aromatic carbocycles. The molecule has 138 heavy (non-hydrogen) atoms. The quantitative estimate of drug-likeness (QED) is 0.0111. The predicted molar refractivity (Wildman–Crippen MR) is 515 cm³/mol. The molecule has 45 nitrogen and oxygen atoms in total. The number of nitrogens with two attached hydrogens (primary N) is 2. The zero-order valence-electron chi connectivity index (χ0n) is 81.4. The van der Waals surface area contributed by atoms with Crippen LogP contribution in [-0.2, 0) is 124 Å². The first kappa shape index (κ1) is 130. The maximum absolute atomic E-state index is 14.1. The summed E-state index contributed by atoms with van der Waals surface area (Å²) in [5.74, 6) is -12.1. The van der Waals surface area contributed by atoms with Crippen LogP contribution in [0.5, 0.6) is 0 Å². The van der Waals surface area contributed by atoms with Gasteiger partial charge in [-0.25, -0.2) is 0 Å². The molecular weight excluding hydrogens is 1870 g/mol. The van der Waals surface area contributed by atoms with Crippen molar-refractivity contribution in [3.8, 4) is 0 Å². The Balaban J connectivity index is 0. The van der Waals surface area contributed by atoms with Crippen molar-refractivity contribution in [2.75, 3.05) is 123 Å². The number of amides is 18. The van der Waals surface area contributed by atoms with E-state index in [0.717, 1.165) is 33.3 Å². The second-order valence-electron chi connectivity index (χ2n) is 31.9. The zero-order valence-corrected chi connectivity index (χ0v) is 83.9. The molecule has 48 heteroatoms. The van der Waals surface area contributed by atoms with Crippen molar-refractivity contribution < 1.29 is 140 Å². The molecule has 2 aliphatic heterocycles. The molecule has 0 saturated carbocycles. The van der Waals surface area contributed by atoms with E-state index in [1.165, 1.54) is 6.92 Å². The van der Waals surface area contributed by atoms with Gasteiger partial charge in [0.2, 0.25) is 107 Å². The lowest BCUT2D eigenvalue weighted by atomic mass is 9.99. The fourth-order valence-electron chi connectivity index (χ4n) is 12.6. The molecule has 19 N–H and O–H groups in total. The van der Waals surface area contributed by atoms with Gasteiger partial charge in [0.25, 0.3) is 0 Å². The van der Waals surface area contributed by atoms with Gasteiger partial charge in [-0.1, -0.05) is 67.2 Å². The average molecular weight is 2020 g/mol. The van der Waals surface area contributed by atoms with Crippen molar-refractivity contribution >= 4 is 172 Å². The Hall–Kier alpha value is -9.98. The van der Waals surface area contributed by atoms with E-state index >= 15 is 0 Å². The third-order valence-corrected chi connectivity index (χ3v) is 23.5. The van der Waals surface area contributed by atoms with Gasteiger partial charge in [0.05, 0.1) is 62.6 Å². The summed E-state index contributed by atoms with van der Waals surface area (Å²) in [5.41, 5.74) is 11.3. The fraction of sp³-hybridized carbons (Fsp3) is 0.744. The Bertz CT molecular complexity index is 3750. The first-order valence-corrected chi connectivity index (χ1v) is 50.1. The highest BCUT2D eigenvalue weighted by Crippen LogP contribution is 2.28. The van der Waals surface area contributed by atoms with Crippen molar-refractivity contribution in [3.05, 3.63) is 0 Å². The molecule has 2 heterocycles. The van der Waals surface area contributed by atoms with Crippen LogP contribution in [0, 0.1) is 5.92 Å². The molecule has 2 saturated heterocycles. The molecule has 0 bridgehead atoms. The van der Waals surface area contributed by atoms with Gasteiger partial charge in [-0.3, -0.25) is 115 Å². The van der Waals surface area contributed by atoms with Gasteiger partial charge in [-0.15, -0.1) is 23.5 Å². The molecule has 18 amide bonds. The number of carbonyl (C=O) groups excluding carboxylic acids is 23. The summed E-state index contributed by atoms with van der Waals surface area (Å²) in [7, 11) is 0. The van der Waals surface area contributed by atoms with Gasteiger partial charge in [0.15, 0.2) is 0 Å². The lowest BCUT2D eigenvalue weighted by molar-refractivity contribution is -0.140. The number of ketones is 5. The fourth-order valence-corrected chi connectivity index (χ4v) is 15.2. The number of hydrogen-bond acceptors (Lipinski definition) is 32. The number of primary amides is 2. The van der Waals surface area contributed by atoms with Crippen LogP contribution in [-0.4, -0.2) is 330 Å². The van der Waals surface area contributed by atoms with E-state index in [1.807, 2.05) is 13.8 Å². The SMILES string of the molecule is CCC(=O)CCCO.CCC(=O)NCCO.CCC(=O)NCCO.CCOCCC(=O)NCCCCC(NC(=O)CC)C(=O)NC(CSC1CC(=O)N(CCC(=O)NCC(CC(C)=O)C(=O)NC(CCCCCC(=O)CCS)C(=O)NC(CNC(=O)CCN2C(=O)CC(SCC(NC(=O)C(CCCCCC(=O)CC)NC(=O)CCOCCOCCCC(=O)CC)C(N)=O)C2=O)NC=O)C1=O)C(N)=O. The molecule has 2 rings (SSSR count). The van der Waals surface area contributed by atoms with Gasteiger partial charge in [-0.05, 0) is 77.4 Å². The first-order valence-electron chi connectivity index (χ1n) is 47.4. The normalized spacial score (nSPS) is 14.6. The number of aliphatic hydroxyl groups excluding tert-OH is 3. The van der Waals surface area contributed by atoms with Crippen molar-refractivity contribution in [2.24, 2.45) is 17.4 Å². The van der Waals surface area contributed by atoms with E-state index in [1.54, 1.807) is 34.6 Å². The van der Waals surface area contributed by atoms with E-state index in [-0.39, 0.29) is 176 Å². The highest BCUT2D eigenvalue weighted by Gasteiger charge is 2.42. The van der Waals surface area contributed by atoms with Crippen LogP contribution in [0.2, 0.25) is 0 Å². The van der Waals surface area contributed by atoms with Gasteiger partial charge in [0, 0.05) is 186 Å². The lowest BCUT2D eigenvalue weighted by Crippen LogP contribution is -2.57. The number of carbonyl (C=O) groups is 23. The summed E-state index contributed by atoms with van der Waals surface area (Å²) in [6, 6.07) is -6.31. The molecule has 0 radical (unpaired) electrons. The Kier molecular flexibility index (Phi) is 77.1. The number of hydrogen-bond donors (Lipinski definition) is 18. The maximum Gasteiger partial charge on any atom is 0.244 e. The van der Waals surface area contributed by atoms with Gasteiger partial charge < -0.3 is 110 Å². The minimum absolute atomic E-state index is 0.00241. The van der Waals surface area contributed by atoms with Gasteiger partial charge >= 0.3 is 0 Å². The molecule has 0 spiro atoms. The number of ether oxygens (including phenoxy) is 3. The minimum Gasteiger partial charge on any atom is -0.396 e. The third-order valence-electron chi connectivity index (χ3n) is 20.7. The molecular formula is C90H154N16O29S3. The van der Waals surface area contributed by atoms with Gasteiger partial charge in [0.1, 0.15) is 65.3 Å². The van der Waals surface area contributed by atoms with Crippen LogP contribution in [0.25, 0.3) is 0 Å². The number of nitrogens with one attached hydrogen (secondary N) is 12. The number of likely N-dealkylation sites (tertiary alicyclic amines) is 2. The third kappa shape index (κ3) is 64.3. The van der Waals surface area contributed by atoms with Crippen molar-refractivity contribution in [3.63, 3.8) is 0 Å². The van der Waals surface area contributed by atoms with Crippen LogP contribution in [0.15, 0.2) is 0 Å². The van der Waals surface area contributed by atoms with Crippen LogP contribution in [0.1, 0.15) is 254 Å². The molecule has 786 valence electrons. The molecule has 9 unspecified atom stereocenters. The number of aliphatic hydroxyl groups is 3. The van der Waals surface area contributed by atoms with Gasteiger partial charge in [-0.2, -0.15) is 12.6 Å². The number of rotatable bonds is 78. The summed E-state index contributed by atoms with van der Waals surface area (Å²) in [4.78, 5) is 291. The summed E-state index contributed by atoms with van der Waals surface area (Å²) < 4.78 is 16.2. The second-order valence-corrected chi connectivity index (χ2v) is 34.8. The number of unbranched alkanes of at least 4 members (excludes halogenated alkanes) is 5. The molecule has 0 aliphatic carbocycles. The largest absolute Gasteiger partial charge is 0.396 e. The van der Waals surface area contributed by atoms with E-state index in [9.17, 15) is 110 Å². The van der Waals surface area contributed by atoms with Crippen molar-refractivity contribution in [1.82, 2.24) is 73.6 Å². The summed E-state index contributed by atoms with van der Waals surface area (Å²) >= 11 is 5.82. The Morgan fingerprint density at radius 2 is 0.812 bits per heavy atom. The molecule has 9 atom stereocenters. The lowest BCUT2D eigenvalue weighted by Gasteiger charge is -2.25. The monoisotopic (exact) mass is 2020 g/mol.